The molecule has 1 saturated heterocycles. The highest BCUT2D eigenvalue weighted by molar-refractivity contribution is 5.23. The number of rotatable bonds is 7. The fourth-order valence-corrected chi connectivity index (χ4v) is 3.39. The monoisotopic (exact) mass is 288 g/mol. The minimum Gasteiger partial charge on any atom is -0.320 e. The van der Waals surface area contributed by atoms with E-state index in [2.05, 4.69) is 55.4 Å². The van der Waals surface area contributed by atoms with E-state index in [9.17, 15) is 0 Å². The molecule has 1 unspecified atom stereocenters. The Hall–Kier alpha value is -0.860. The largest absolute Gasteiger partial charge is 0.320 e. The molecule has 1 aromatic rings. The standard InChI is InChI=1S/C19H32N2/c1-16(2)14-17-7-9-18(10-8-17)15-21-13-5-4-6-19(21)11-12-20-3/h7-10,16,19-20H,4-6,11-15H2,1-3H3. The number of piperidine rings is 1. The summed E-state index contributed by atoms with van der Waals surface area (Å²) in [6.07, 6.45) is 6.60. The van der Waals surface area contributed by atoms with E-state index in [1.54, 1.807) is 0 Å². The Morgan fingerprint density at radius 2 is 1.86 bits per heavy atom. The molecule has 2 nitrogen and oxygen atoms in total. The van der Waals surface area contributed by atoms with Crippen LogP contribution in [0.1, 0.15) is 50.7 Å². The lowest BCUT2D eigenvalue weighted by Crippen LogP contribution is -2.40. The quantitative estimate of drug-likeness (QED) is 0.820. The molecule has 0 radical (unpaired) electrons. The van der Waals surface area contributed by atoms with Crippen LogP contribution in [0.3, 0.4) is 0 Å². The summed E-state index contributed by atoms with van der Waals surface area (Å²) in [5, 5.41) is 3.30. The van der Waals surface area contributed by atoms with Crippen molar-refractivity contribution in [3.05, 3.63) is 35.4 Å². The third-order valence-corrected chi connectivity index (χ3v) is 4.53. The maximum absolute atomic E-state index is 3.30. The molecule has 0 spiro atoms. The Bertz CT molecular complexity index is 397. The summed E-state index contributed by atoms with van der Waals surface area (Å²) >= 11 is 0. The summed E-state index contributed by atoms with van der Waals surface area (Å²) in [4.78, 5) is 2.69. The van der Waals surface area contributed by atoms with Crippen molar-refractivity contribution >= 4 is 0 Å². The van der Waals surface area contributed by atoms with Crippen molar-refractivity contribution in [2.24, 2.45) is 5.92 Å². The van der Waals surface area contributed by atoms with E-state index < -0.39 is 0 Å². The zero-order chi connectivity index (χ0) is 15.1. The maximum atomic E-state index is 3.30. The average molecular weight is 288 g/mol. The Morgan fingerprint density at radius 1 is 1.14 bits per heavy atom. The van der Waals surface area contributed by atoms with Gasteiger partial charge in [0.25, 0.3) is 0 Å². The zero-order valence-electron chi connectivity index (χ0n) is 14.1. The van der Waals surface area contributed by atoms with Crippen molar-refractivity contribution in [3.8, 4) is 0 Å². The molecule has 1 aliphatic heterocycles. The Labute approximate surface area is 130 Å². The molecule has 0 amide bonds. The van der Waals surface area contributed by atoms with Gasteiger partial charge in [-0.15, -0.1) is 0 Å². The van der Waals surface area contributed by atoms with Crippen molar-refractivity contribution in [1.82, 2.24) is 10.2 Å². The summed E-state index contributed by atoms with van der Waals surface area (Å²) in [5.41, 5.74) is 2.94. The fourth-order valence-electron chi connectivity index (χ4n) is 3.39. The molecule has 0 aliphatic carbocycles. The predicted octanol–water partition coefficient (Wildman–Crippen LogP) is 3.85. The minimum absolute atomic E-state index is 0.740. The summed E-state index contributed by atoms with van der Waals surface area (Å²) in [7, 11) is 2.06. The first-order valence-electron chi connectivity index (χ1n) is 8.65. The normalized spacial score (nSPS) is 20.1. The number of benzene rings is 1. The van der Waals surface area contributed by atoms with Gasteiger partial charge in [0.15, 0.2) is 0 Å². The van der Waals surface area contributed by atoms with Gasteiger partial charge in [-0.25, -0.2) is 0 Å². The molecule has 118 valence electrons. The first-order valence-corrected chi connectivity index (χ1v) is 8.65. The molecule has 0 aromatic heterocycles. The van der Waals surface area contributed by atoms with Crippen LogP contribution in [0.5, 0.6) is 0 Å². The summed E-state index contributed by atoms with van der Waals surface area (Å²) in [6.45, 7) is 8.09. The van der Waals surface area contributed by atoms with Gasteiger partial charge in [0.05, 0.1) is 0 Å². The molecule has 1 N–H and O–H groups in total. The van der Waals surface area contributed by atoms with Crippen molar-refractivity contribution in [2.45, 2.75) is 58.5 Å². The summed E-state index contributed by atoms with van der Waals surface area (Å²) < 4.78 is 0. The molecular weight excluding hydrogens is 256 g/mol. The van der Waals surface area contributed by atoms with Gasteiger partial charge in [0.2, 0.25) is 0 Å². The van der Waals surface area contributed by atoms with E-state index in [1.807, 2.05) is 0 Å². The Kier molecular flexibility index (Phi) is 6.72. The first kappa shape index (κ1) is 16.5. The molecule has 1 atom stereocenters. The number of nitrogens with one attached hydrogen (secondary N) is 1. The van der Waals surface area contributed by atoms with Crippen molar-refractivity contribution in [3.63, 3.8) is 0 Å². The van der Waals surface area contributed by atoms with Gasteiger partial charge < -0.3 is 5.32 Å². The van der Waals surface area contributed by atoms with E-state index in [4.69, 9.17) is 0 Å². The average Bonchev–Trinajstić information content (AvgIpc) is 2.48. The van der Waals surface area contributed by atoms with Gasteiger partial charge in [0, 0.05) is 12.6 Å². The van der Waals surface area contributed by atoms with Gasteiger partial charge in [-0.05, 0) is 62.9 Å². The van der Waals surface area contributed by atoms with Crippen LogP contribution in [0.4, 0.5) is 0 Å². The van der Waals surface area contributed by atoms with Crippen LogP contribution in [0.15, 0.2) is 24.3 Å². The van der Waals surface area contributed by atoms with Crippen LogP contribution >= 0.6 is 0 Å². The van der Waals surface area contributed by atoms with E-state index in [-0.39, 0.29) is 0 Å². The highest BCUT2D eigenvalue weighted by Gasteiger charge is 2.21. The molecule has 0 saturated carbocycles. The second-order valence-electron chi connectivity index (χ2n) is 6.93. The topological polar surface area (TPSA) is 15.3 Å². The third-order valence-electron chi connectivity index (χ3n) is 4.53. The van der Waals surface area contributed by atoms with E-state index in [0.717, 1.165) is 25.0 Å². The van der Waals surface area contributed by atoms with Gasteiger partial charge in [0.1, 0.15) is 0 Å². The van der Waals surface area contributed by atoms with Crippen LogP contribution in [-0.2, 0) is 13.0 Å². The molecule has 2 heteroatoms. The van der Waals surface area contributed by atoms with Crippen LogP contribution in [0.2, 0.25) is 0 Å². The van der Waals surface area contributed by atoms with Crippen LogP contribution in [0.25, 0.3) is 0 Å². The second kappa shape index (κ2) is 8.55. The lowest BCUT2D eigenvalue weighted by atomic mass is 9.97. The fraction of sp³-hybridized carbons (Fsp3) is 0.684. The molecule has 1 heterocycles. The van der Waals surface area contributed by atoms with E-state index >= 15 is 0 Å². The van der Waals surface area contributed by atoms with Gasteiger partial charge in [-0.2, -0.15) is 0 Å². The Morgan fingerprint density at radius 3 is 2.52 bits per heavy atom. The number of hydrogen-bond donors (Lipinski definition) is 1. The number of likely N-dealkylation sites (tertiary alicyclic amines) is 1. The lowest BCUT2D eigenvalue weighted by molar-refractivity contribution is 0.132. The first-order chi connectivity index (χ1) is 10.2. The van der Waals surface area contributed by atoms with Crippen molar-refractivity contribution in [1.29, 1.82) is 0 Å². The summed E-state index contributed by atoms with van der Waals surface area (Å²) in [5.74, 6) is 0.740. The van der Waals surface area contributed by atoms with E-state index in [0.29, 0.717) is 0 Å². The number of nitrogens with zero attached hydrogens (tertiary/aromatic N) is 1. The van der Waals surface area contributed by atoms with Gasteiger partial charge >= 0.3 is 0 Å². The molecule has 1 aromatic carbocycles. The predicted molar refractivity (Wildman–Crippen MR) is 91.6 cm³/mol. The highest BCUT2D eigenvalue weighted by atomic mass is 15.2. The van der Waals surface area contributed by atoms with Crippen LogP contribution in [-0.4, -0.2) is 31.1 Å². The molecule has 1 fully saturated rings. The molecule has 1 aliphatic rings. The number of hydrogen-bond acceptors (Lipinski definition) is 2. The Balaban J connectivity index is 1.92. The molecular formula is C19H32N2. The van der Waals surface area contributed by atoms with Crippen molar-refractivity contribution in [2.75, 3.05) is 20.1 Å². The maximum Gasteiger partial charge on any atom is 0.0236 e. The van der Waals surface area contributed by atoms with Crippen LogP contribution in [0, 0.1) is 5.92 Å². The third kappa shape index (κ3) is 5.44. The lowest BCUT2D eigenvalue weighted by Gasteiger charge is -2.36. The van der Waals surface area contributed by atoms with Gasteiger partial charge in [-0.3, -0.25) is 4.90 Å². The summed E-state index contributed by atoms with van der Waals surface area (Å²) in [6, 6.07) is 10.1. The SMILES string of the molecule is CNCCC1CCCCN1Cc1ccc(CC(C)C)cc1. The second-order valence-corrected chi connectivity index (χ2v) is 6.93. The molecule has 21 heavy (non-hydrogen) atoms. The zero-order valence-corrected chi connectivity index (χ0v) is 14.1. The highest BCUT2D eigenvalue weighted by Crippen LogP contribution is 2.22. The van der Waals surface area contributed by atoms with Crippen LogP contribution < -0.4 is 5.32 Å². The van der Waals surface area contributed by atoms with Gasteiger partial charge in [-0.1, -0.05) is 44.5 Å². The smallest absolute Gasteiger partial charge is 0.0236 e. The van der Waals surface area contributed by atoms with E-state index in [1.165, 1.54) is 49.8 Å². The molecule has 2 rings (SSSR count). The minimum atomic E-state index is 0.740. The van der Waals surface area contributed by atoms with Crippen molar-refractivity contribution < 1.29 is 0 Å². The molecule has 0 bridgehead atoms.